The van der Waals surface area contributed by atoms with E-state index in [2.05, 4.69) is 27.7 Å². The van der Waals surface area contributed by atoms with Gasteiger partial charge in [0.05, 0.1) is 13.7 Å². The van der Waals surface area contributed by atoms with Gasteiger partial charge in [-0.1, -0.05) is 40.2 Å². The van der Waals surface area contributed by atoms with Gasteiger partial charge in [-0.15, -0.1) is 0 Å². The molecule has 1 saturated heterocycles. The summed E-state index contributed by atoms with van der Waals surface area (Å²) in [5, 5.41) is 20.5. The molecule has 6 heteroatoms. The zero-order chi connectivity index (χ0) is 22.6. The number of aliphatic hydroxyl groups excluding tert-OH is 1. The normalized spacial score (nSPS) is 38.6. The minimum atomic E-state index is -0.824. The lowest BCUT2D eigenvalue weighted by atomic mass is 9.46. The number of aromatic hydroxyl groups is 1. The highest BCUT2D eigenvalue weighted by Crippen LogP contribution is 2.73. The van der Waals surface area contributed by atoms with Crippen molar-refractivity contribution in [3.8, 4) is 11.5 Å². The summed E-state index contributed by atoms with van der Waals surface area (Å²) in [6, 6.07) is 4.89. The second-order valence-corrected chi connectivity index (χ2v) is 10.4. The topological polar surface area (TPSA) is 85.2 Å². The van der Waals surface area contributed by atoms with Crippen LogP contribution in [0.1, 0.15) is 52.5 Å². The summed E-state index contributed by atoms with van der Waals surface area (Å²) in [4.78, 5) is 12.9. The minimum Gasteiger partial charge on any atom is -0.504 e. The molecule has 1 aromatic rings. The monoisotopic (exact) mass is 430 g/mol. The Morgan fingerprint density at radius 1 is 1.23 bits per heavy atom. The van der Waals surface area contributed by atoms with Crippen LogP contribution in [0.5, 0.6) is 11.5 Å². The highest BCUT2D eigenvalue weighted by molar-refractivity contribution is 5.87. The van der Waals surface area contributed by atoms with Gasteiger partial charge in [0.15, 0.2) is 17.8 Å². The van der Waals surface area contributed by atoms with Crippen LogP contribution in [-0.4, -0.2) is 42.3 Å². The van der Waals surface area contributed by atoms with E-state index in [0.29, 0.717) is 12.4 Å². The first-order valence-electron chi connectivity index (χ1n) is 11.1. The molecule has 0 amide bonds. The summed E-state index contributed by atoms with van der Waals surface area (Å²) in [6.07, 6.45) is 5.05. The maximum Gasteiger partial charge on any atom is 0.331 e. The number of carbonyl (C=O) groups is 1. The molecule has 6 atom stereocenters. The number of fused-ring (bicyclic) bond motifs is 3. The zero-order valence-electron chi connectivity index (χ0n) is 19.1. The number of phenolic OH excluding ortho intramolecular Hbond substituents is 1. The first-order chi connectivity index (χ1) is 14.5. The maximum atomic E-state index is 12.9. The maximum absolute atomic E-state index is 12.9. The first kappa shape index (κ1) is 22.2. The van der Waals surface area contributed by atoms with Crippen LogP contribution in [0.3, 0.4) is 0 Å². The molecule has 1 aromatic carbocycles. The molecular weight excluding hydrogens is 396 g/mol. The van der Waals surface area contributed by atoms with Crippen LogP contribution in [-0.2, 0) is 14.3 Å². The number of aliphatic hydroxyl groups is 1. The predicted molar refractivity (Wildman–Crippen MR) is 116 cm³/mol. The first-order valence-corrected chi connectivity index (χ1v) is 11.1. The fourth-order valence-electron chi connectivity index (χ4n) is 6.89. The standard InChI is InChI=1S/C25H34O6/c1-23(2)11-6-12-24(3)21(16-14-30-22(28)20(16)25(23,24)4)31-19(27)10-8-15-7-9-17(26)18(13-15)29-5/h7-10,13,16,20-22,26,28H,6,11-12,14H2,1-5H3. The molecule has 0 aromatic heterocycles. The Morgan fingerprint density at radius 3 is 2.68 bits per heavy atom. The van der Waals surface area contributed by atoms with Gasteiger partial charge in [0.1, 0.15) is 6.10 Å². The quantitative estimate of drug-likeness (QED) is 0.552. The van der Waals surface area contributed by atoms with Crippen molar-refractivity contribution >= 4 is 12.0 Å². The molecule has 3 aliphatic rings. The Morgan fingerprint density at radius 2 is 1.97 bits per heavy atom. The molecular formula is C25H34O6. The lowest BCUT2D eigenvalue weighted by molar-refractivity contribution is -0.193. The van der Waals surface area contributed by atoms with Gasteiger partial charge in [-0.05, 0) is 47.4 Å². The molecule has 1 heterocycles. The van der Waals surface area contributed by atoms with Crippen molar-refractivity contribution < 1.29 is 29.2 Å². The van der Waals surface area contributed by atoms with E-state index >= 15 is 0 Å². The summed E-state index contributed by atoms with van der Waals surface area (Å²) < 4.78 is 16.9. The van der Waals surface area contributed by atoms with E-state index < -0.39 is 12.3 Å². The Kier molecular flexibility index (Phi) is 5.38. The van der Waals surface area contributed by atoms with Crippen molar-refractivity contribution in [2.24, 2.45) is 28.1 Å². The van der Waals surface area contributed by atoms with Gasteiger partial charge < -0.3 is 24.4 Å². The van der Waals surface area contributed by atoms with E-state index in [9.17, 15) is 15.0 Å². The van der Waals surface area contributed by atoms with Crippen molar-refractivity contribution in [3.05, 3.63) is 29.8 Å². The number of hydrogen-bond acceptors (Lipinski definition) is 6. The molecule has 6 unspecified atom stereocenters. The molecule has 1 aliphatic heterocycles. The molecule has 4 rings (SSSR count). The van der Waals surface area contributed by atoms with Gasteiger partial charge in [0, 0.05) is 23.3 Å². The Hall–Kier alpha value is -2.05. The highest BCUT2D eigenvalue weighted by atomic mass is 16.6. The fourth-order valence-corrected chi connectivity index (χ4v) is 6.89. The van der Waals surface area contributed by atoms with Gasteiger partial charge >= 0.3 is 5.97 Å². The molecule has 0 radical (unpaired) electrons. The zero-order valence-corrected chi connectivity index (χ0v) is 19.1. The lowest BCUT2D eigenvalue weighted by Crippen LogP contribution is -2.56. The van der Waals surface area contributed by atoms with Crippen molar-refractivity contribution in [1.29, 1.82) is 0 Å². The van der Waals surface area contributed by atoms with E-state index in [1.54, 1.807) is 18.2 Å². The summed E-state index contributed by atoms with van der Waals surface area (Å²) >= 11 is 0. The highest BCUT2D eigenvalue weighted by Gasteiger charge is 2.74. The molecule has 31 heavy (non-hydrogen) atoms. The van der Waals surface area contributed by atoms with Gasteiger partial charge in [-0.3, -0.25) is 0 Å². The number of ether oxygens (including phenoxy) is 3. The Labute approximate surface area is 184 Å². The van der Waals surface area contributed by atoms with Crippen LogP contribution >= 0.6 is 0 Å². The molecule has 170 valence electrons. The van der Waals surface area contributed by atoms with Gasteiger partial charge in [-0.2, -0.15) is 0 Å². The van der Waals surface area contributed by atoms with Gasteiger partial charge in [-0.25, -0.2) is 4.79 Å². The van der Waals surface area contributed by atoms with Crippen LogP contribution in [0.2, 0.25) is 0 Å². The SMILES string of the molecule is COc1cc(C=CC(=O)OC2C3COC(O)C3C3(C)C(C)(C)CCCC23C)ccc1O. The Bertz CT molecular complexity index is 892. The number of phenols is 1. The van der Waals surface area contributed by atoms with Crippen molar-refractivity contribution in [3.63, 3.8) is 0 Å². The van der Waals surface area contributed by atoms with Crippen molar-refractivity contribution in [2.75, 3.05) is 13.7 Å². The van der Waals surface area contributed by atoms with Crippen LogP contribution in [0, 0.1) is 28.1 Å². The van der Waals surface area contributed by atoms with Gasteiger partial charge in [0.25, 0.3) is 0 Å². The lowest BCUT2D eigenvalue weighted by Gasteiger charge is -2.59. The largest absolute Gasteiger partial charge is 0.504 e. The van der Waals surface area contributed by atoms with Crippen molar-refractivity contribution in [1.82, 2.24) is 0 Å². The number of benzene rings is 1. The van der Waals surface area contributed by atoms with E-state index in [1.165, 1.54) is 19.3 Å². The second-order valence-electron chi connectivity index (χ2n) is 10.4. The fraction of sp³-hybridized carbons (Fsp3) is 0.640. The van der Waals surface area contributed by atoms with E-state index in [0.717, 1.165) is 24.8 Å². The molecule has 0 bridgehead atoms. The third-order valence-corrected chi connectivity index (χ3v) is 8.86. The number of rotatable bonds is 4. The van der Waals surface area contributed by atoms with E-state index in [4.69, 9.17) is 14.2 Å². The van der Waals surface area contributed by atoms with E-state index in [1.807, 2.05) is 0 Å². The van der Waals surface area contributed by atoms with Crippen LogP contribution < -0.4 is 4.74 Å². The minimum absolute atomic E-state index is 0.00279. The van der Waals surface area contributed by atoms with Crippen LogP contribution in [0.25, 0.3) is 6.08 Å². The average Bonchev–Trinajstić information content (AvgIpc) is 3.18. The Balaban J connectivity index is 1.60. The van der Waals surface area contributed by atoms with E-state index in [-0.39, 0.29) is 39.9 Å². The van der Waals surface area contributed by atoms with Crippen LogP contribution in [0.15, 0.2) is 24.3 Å². The molecule has 3 fully saturated rings. The number of methoxy groups -OCH3 is 1. The molecule has 0 spiro atoms. The molecule has 2 aliphatic carbocycles. The third kappa shape index (κ3) is 3.18. The summed E-state index contributed by atoms with van der Waals surface area (Å²) in [7, 11) is 1.48. The summed E-state index contributed by atoms with van der Waals surface area (Å²) in [6.45, 7) is 9.44. The van der Waals surface area contributed by atoms with Gasteiger partial charge in [0.2, 0.25) is 0 Å². The smallest absolute Gasteiger partial charge is 0.331 e. The molecule has 6 nitrogen and oxygen atoms in total. The van der Waals surface area contributed by atoms with Crippen LogP contribution in [0.4, 0.5) is 0 Å². The average molecular weight is 431 g/mol. The summed E-state index contributed by atoms with van der Waals surface area (Å²) in [5.74, 6) is -0.0967. The molecule has 2 N–H and O–H groups in total. The third-order valence-electron chi connectivity index (χ3n) is 8.86. The van der Waals surface area contributed by atoms with Crippen molar-refractivity contribution in [2.45, 2.75) is 59.4 Å². The summed E-state index contributed by atoms with van der Waals surface area (Å²) in [5.41, 5.74) is 0.278. The molecule has 2 saturated carbocycles. The predicted octanol–water partition coefficient (Wildman–Crippen LogP) is 4.14. The number of hydrogen-bond donors (Lipinski definition) is 2. The number of carbonyl (C=O) groups excluding carboxylic acids is 1. The number of esters is 1. The second kappa shape index (κ2) is 7.52.